The molecule has 1 atom stereocenters. The highest BCUT2D eigenvalue weighted by Crippen LogP contribution is 2.31. The van der Waals surface area contributed by atoms with Crippen molar-refractivity contribution in [3.05, 3.63) is 65.6 Å². The van der Waals surface area contributed by atoms with Crippen molar-refractivity contribution in [3.63, 3.8) is 0 Å². The maximum absolute atomic E-state index is 14.1. The number of piperidine rings is 1. The molecule has 0 radical (unpaired) electrons. The molecule has 4 rings (SSSR count). The fraction of sp³-hybridized carbons (Fsp3) is 0.350. The maximum atomic E-state index is 14.1. The number of H-pyrrole nitrogens is 1. The number of aromatic amines is 1. The first-order valence-electron chi connectivity index (χ1n) is 9.03. The number of rotatable bonds is 4. The highest BCUT2D eigenvalue weighted by atomic mass is 19.1. The molecule has 0 aliphatic carbocycles. The minimum absolute atomic E-state index is 0.0944. The van der Waals surface area contributed by atoms with E-state index in [1.54, 1.807) is 18.5 Å². The largest absolute Gasteiger partial charge is 0.343 e. The molecule has 5 nitrogen and oxygen atoms in total. The zero-order valence-corrected chi connectivity index (χ0v) is 14.8. The van der Waals surface area contributed by atoms with Crippen molar-refractivity contribution >= 4 is 0 Å². The van der Waals surface area contributed by atoms with Gasteiger partial charge >= 0.3 is 0 Å². The van der Waals surface area contributed by atoms with Gasteiger partial charge in [0.05, 0.1) is 6.04 Å². The summed E-state index contributed by atoms with van der Waals surface area (Å²) >= 11 is 0. The van der Waals surface area contributed by atoms with Crippen molar-refractivity contribution in [3.8, 4) is 11.5 Å². The second-order valence-electron chi connectivity index (χ2n) is 6.76. The molecule has 26 heavy (non-hydrogen) atoms. The monoisotopic (exact) mass is 351 g/mol. The Morgan fingerprint density at radius 3 is 2.92 bits per heavy atom. The van der Waals surface area contributed by atoms with Crippen LogP contribution in [0, 0.1) is 12.7 Å². The van der Waals surface area contributed by atoms with Gasteiger partial charge in [0.25, 0.3) is 0 Å². The Bertz CT molecular complexity index is 878. The van der Waals surface area contributed by atoms with Gasteiger partial charge in [-0.25, -0.2) is 19.3 Å². The number of halogens is 1. The van der Waals surface area contributed by atoms with Crippen molar-refractivity contribution in [1.29, 1.82) is 0 Å². The zero-order chi connectivity index (χ0) is 17.9. The summed E-state index contributed by atoms with van der Waals surface area (Å²) < 4.78 is 14.1. The Kier molecular flexibility index (Phi) is 4.75. The lowest BCUT2D eigenvalue weighted by atomic mass is 10.00. The first-order chi connectivity index (χ1) is 12.7. The Balaban J connectivity index is 1.65. The van der Waals surface area contributed by atoms with Crippen LogP contribution < -0.4 is 0 Å². The summed E-state index contributed by atoms with van der Waals surface area (Å²) in [5, 5.41) is 0. The molecule has 0 spiro atoms. The number of nitrogens with one attached hydrogen (secondary N) is 1. The first kappa shape index (κ1) is 16.8. The van der Waals surface area contributed by atoms with Crippen molar-refractivity contribution in [2.24, 2.45) is 0 Å². The summed E-state index contributed by atoms with van der Waals surface area (Å²) in [6.45, 7) is 3.47. The maximum Gasteiger partial charge on any atom is 0.156 e. The van der Waals surface area contributed by atoms with E-state index in [9.17, 15) is 4.39 Å². The highest BCUT2D eigenvalue weighted by Gasteiger charge is 2.27. The SMILES string of the molecule is Cc1cc(-c2ncc[nH]2)nc(C2CCCCN2Cc2ccccc2F)n1. The summed E-state index contributed by atoms with van der Waals surface area (Å²) in [4.78, 5) is 19.2. The van der Waals surface area contributed by atoms with E-state index >= 15 is 0 Å². The molecule has 3 heterocycles. The number of imidazole rings is 1. The van der Waals surface area contributed by atoms with Crippen molar-refractivity contribution in [1.82, 2.24) is 24.8 Å². The van der Waals surface area contributed by atoms with Crippen LogP contribution in [0.15, 0.2) is 42.7 Å². The molecular weight excluding hydrogens is 329 g/mol. The average molecular weight is 351 g/mol. The summed E-state index contributed by atoms with van der Waals surface area (Å²) in [5.41, 5.74) is 2.44. The van der Waals surface area contributed by atoms with E-state index in [4.69, 9.17) is 9.97 Å². The van der Waals surface area contributed by atoms with Gasteiger partial charge in [0.15, 0.2) is 5.82 Å². The molecule has 2 aromatic heterocycles. The lowest BCUT2D eigenvalue weighted by molar-refractivity contribution is 0.132. The normalized spacial score (nSPS) is 18.2. The van der Waals surface area contributed by atoms with Crippen LogP contribution in [0.4, 0.5) is 4.39 Å². The summed E-state index contributed by atoms with van der Waals surface area (Å²) in [5.74, 6) is 1.39. The Morgan fingerprint density at radius 2 is 2.12 bits per heavy atom. The molecule has 134 valence electrons. The Hall–Kier alpha value is -2.60. The van der Waals surface area contributed by atoms with Gasteiger partial charge in [0.1, 0.15) is 17.3 Å². The number of likely N-dealkylation sites (tertiary alicyclic amines) is 1. The minimum atomic E-state index is -0.154. The third-order valence-corrected chi connectivity index (χ3v) is 4.86. The number of hydrogen-bond donors (Lipinski definition) is 1. The van der Waals surface area contributed by atoms with Crippen LogP contribution >= 0.6 is 0 Å². The van der Waals surface area contributed by atoms with E-state index in [0.717, 1.165) is 54.4 Å². The fourth-order valence-corrected chi connectivity index (χ4v) is 3.59. The molecular formula is C20H22FN5. The summed E-state index contributed by atoms with van der Waals surface area (Å²) in [6.07, 6.45) is 6.73. The Morgan fingerprint density at radius 1 is 1.23 bits per heavy atom. The molecule has 1 fully saturated rings. The van der Waals surface area contributed by atoms with E-state index in [1.165, 1.54) is 6.07 Å². The molecule has 1 aromatic carbocycles. The summed E-state index contributed by atoms with van der Waals surface area (Å²) in [6, 6.07) is 9.02. The third kappa shape index (κ3) is 3.51. The van der Waals surface area contributed by atoms with E-state index in [1.807, 2.05) is 25.1 Å². The van der Waals surface area contributed by atoms with Gasteiger partial charge in [-0.05, 0) is 38.4 Å². The highest BCUT2D eigenvalue weighted by molar-refractivity contribution is 5.49. The van der Waals surface area contributed by atoms with Gasteiger partial charge in [0.2, 0.25) is 0 Å². The fourth-order valence-electron chi connectivity index (χ4n) is 3.59. The van der Waals surface area contributed by atoms with Crippen molar-refractivity contribution in [2.45, 2.75) is 38.8 Å². The molecule has 1 saturated heterocycles. The quantitative estimate of drug-likeness (QED) is 0.771. The number of aryl methyl sites for hydroxylation is 1. The second-order valence-corrected chi connectivity index (χ2v) is 6.76. The smallest absolute Gasteiger partial charge is 0.156 e. The molecule has 3 aromatic rings. The topological polar surface area (TPSA) is 57.7 Å². The molecule has 1 aliphatic heterocycles. The van der Waals surface area contributed by atoms with Gasteiger partial charge in [0, 0.05) is 30.2 Å². The lowest BCUT2D eigenvalue weighted by Crippen LogP contribution is -2.34. The number of benzene rings is 1. The zero-order valence-electron chi connectivity index (χ0n) is 14.8. The number of nitrogens with zero attached hydrogens (tertiary/aromatic N) is 4. The first-order valence-corrected chi connectivity index (χ1v) is 9.03. The molecule has 6 heteroatoms. The number of hydrogen-bond acceptors (Lipinski definition) is 4. The predicted molar refractivity (Wildman–Crippen MR) is 97.8 cm³/mol. The van der Waals surface area contributed by atoms with Gasteiger partial charge < -0.3 is 4.98 Å². The lowest BCUT2D eigenvalue weighted by Gasteiger charge is -2.35. The van der Waals surface area contributed by atoms with Gasteiger partial charge in [-0.15, -0.1) is 0 Å². The van der Waals surface area contributed by atoms with Gasteiger partial charge in [-0.3, -0.25) is 4.90 Å². The molecule has 1 unspecified atom stereocenters. The molecule has 1 aliphatic rings. The van der Waals surface area contributed by atoms with E-state index in [2.05, 4.69) is 14.9 Å². The second kappa shape index (κ2) is 7.33. The average Bonchev–Trinajstić information content (AvgIpc) is 3.18. The predicted octanol–water partition coefficient (Wildman–Crippen LogP) is 4.04. The number of aromatic nitrogens is 4. The van der Waals surface area contributed by atoms with Crippen LogP contribution in [0.5, 0.6) is 0 Å². The minimum Gasteiger partial charge on any atom is -0.343 e. The van der Waals surface area contributed by atoms with Crippen LogP contribution in [0.25, 0.3) is 11.5 Å². The van der Waals surface area contributed by atoms with Gasteiger partial charge in [-0.2, -0.15) is 0 Å². The molecule has 0 saturated carbocycles. The van der Waals surface area contributed by atoms with Crippen LogP contribution in [0.2, 0.25) is 0 Å². The van der Waals surface area contributed by atoms with E-state index in [-0.39, 0.29) is 11.9 Å². The molecule has 0 bridgehead atoms. The van der Waals surface area contributed by atoms with Crippen molar-refractivity contribution < 1.29 is 4.39 Å². The molecule has 1 N–H and O–H groups in total. The van der Waals surface area contributed by atoms with Crippen LogP contribution in [-0.2, 0) is 6.54 Å². The van der Waals surface area contributed by atoms with E-state index in [0.29, 0.717) is 6.54 Å². The van der Waals surface area contributed by atoms with Crippen molar-refractivity contribution in [2.75, 3.05) is 6.54 Å². The van der Waals surface area contributed by atoms with E-state index < -0.39 is 0 Å². The molecule has 0 amide bonds. The van der Waals surface area contributed by atoms with Crippen LogP contribution in [-0.4, -0.2) is 31.4 Å². The van der Waals surface area contributed by atoms with Crippen LogP contribution in [0.1, 0.15) is 42.4 Å². The van der Waals surface area contributed by atoms with Crippen LogP contribution in [0.3, 0.4) is 0 Å². The third-order valence-electron chi connectivity index (χ3n) is 4.86. The Labute approximate surface area is 152 Å². The summed E-state index contributed by atoms with van der Waals surface area (Å²) in [7, 11) is 0. The standard InChI is InChI=1S/C20H22FN5/c1-14-12-17(19-22-9-10-23-19)25-20(24-14)18-8-4-5-11-26(18)13-15-6-2-3-7-16(15)21/h2-3,6-7,9-10,12,18H,4-5,8,11,13H2,1H3,(H,22,23). The van der Waals surface area contributed by atoms with Gasteiger partial charge in [-0.1, -0.05) is 24.6 Å².